The van der Waals surface area contributed by atoms with Crippen molar-refractivity contribution in [3.63, 3.8) is 0 Å². The molecule has 3 N–H and O–H groups in total. The summed E-state index contributed by atoms with van der Waals surface area (Å²) >= 11 is 0. The SMILES string of the molecule is O=C1CCC(C(=O)NCCn2cnc(-c3ccccc3)cc2=O)NN1. The van der Waals surface area contributed by atoms with Crippen molar-refractivity contribution in [2.75, 3.05) is 6.54 Å². The van der Waals surface area contributed by atoms with Gasteiger partial charge in [-0.1, -0.05) is 30.3 Å². The van der Waals surface area contributed by atoms with Gasteiger partial charge < -0.3 is 5.32 Å². The van der Waals surface area contributed by atoms with Gasteiger partial charge >= 0.3 is 0 Å². The normalized spacial score (nSPS) is 17.0. The van der Waals surface area contributed by atoms with Gasteiger partial charge in [0.05, 0.1) is 12.0 Å². The van der Waals surface area contributed by atoms with Crippen molar-refractivity contribution >= 4 is 11.8 Å². The minimum atomic E-state index is -0.451. The van der Waals surface area contributed by atoms with Gasteiger partial charge in [0.15, 0.2) is 0 Å². The van der Waals surface area contributed by atoms with E-state index in [1.165, 1.54) is 17.0 Å². The molecule has 8 heteroatoms. The van der Waals surface area contributed by atoms with Crippen LogP contribution in [0.25, 0.3) is 11.3 Å². The fourth-order valence-electron chi connectivity index (χ4n) is 2.56. The summed E-state index contributed by atoms with van der Waals surface area (Å²) in [7, 11) is 0. The van der Waals surface area contributed by atoms with E-state index in [2.05, 4.69) is 21.2 Å². The van der Waals surface area contributed by atoms with Crippen LogP contribution in [0.3, 0.4) is 0 Å². The van der Waals surface area contributed by atoms with Crippen molar-refractivity contribution < 1.29 is 9.59 Å². The first-order valence-electron chi connectivity index (χ1n) is 8.07. The third-order valence-electron chi connectivity index (χ3n) is 3.96. The Hall–Kier alpha value is -3.00. The van der Waals surface area contributed by atoms with Crippen molar-refractivity contribution in [1.29, 1.82) is 0 Å². The van der Waals surface area contributed by atoms with Crippen LogP contribution < -0.4 is 21.7 Å². The first kappa shape index (κ1) is 16.8. The Kier molecular flexibility index (Phi) is 5.20. The second-order valence-corrected chi connectivity index (χ2v) is 5.75. The number of carbonyl (C=O) groups is 2. The molecule has 0 bridgehead atoms. The molecule has 1 aromatic carbocycles. The first-order chi connectivity index (χ1) is 12.1. The second-order valence-electron chi connectivity index (χ2n) is 5.75. The predicted octanol–water partition coefficient (Wildman–Crippen LogP) is -0.190. The predicted molar refractivity (Wildman–Crippen MR) is 91.2 cm³/mol. The quantitative estimate of drug-likeness (QED) is 0.699. The molecule has 130 valence electrons. The summed E-state index contributed by atoms with van der Waals surface area (Å²) in [5.74, 6) is -0.331. The molecule has 2 aromatic rings. The van der Waals surface area contributed by atoms with E-state index in [4.69, 9.17) is 0 Å². The molecule has 2 amide bonds. The molecule has 0 radical (unpaired) electrons. The molecule has 1 fully saturated rings. The van der Waals surface area contributed by atoms with Crippen molar-refractivity contribution in [3.8, 4) is 11.3 Å². The Morgan fingerprint density at radius 3 is 2.76 bits per heavy atom. The zero-order valence-electron chi connectivity index (χ0n) is 13.6. The van der Waals surface area contributed by atoms with Crippen molar-refractivity contribution in [1.82, 2.24) is 25.7 Å². The lowest BCUT2D eigenvalue weighted by atomic mass is 10.1. The maximum Gasteiger partial charge on any atom is 0.253 e. The van der Waals surface area contributed by atoms with E-state index in [1.54, 1.807) is 0 Å². The van der Waals surface area contributed by atoms with Crippen LogP contribution in [-0.2, 0) is 16.1 Å². The molecular formula is C17H19N5O3. The molecule has 1 atom stereocenters. The smallest absolute Gasteiger partial charge is 0.253 e. The topological polar surface area (TPSA) is 105 Å². The maximum absolute atomic E-state index is 12.2. The summed E-state index contributed by atoms with van der Waals surface area (Å²) in [5.41, 5.74) is 6.42. The highest BCUT2D eigenvalue weighted by Gasteiger charge is 2.23. The fraction of sp³-hybridized carbons (Fsp3) is 0.294. The van der Waals surface area contributed by atoms with E-state index in [0.717, 1.165) is 5.56 Å². The number of amides is 2. The van der Waals surface area contributed by atoms with Crippen LogP contribution in [0.15, 0.2) is 47.5 Å². The average molecular weight is 341 g/mol. The number of carbonyl (C=O) groups excluding carboxylic acids is 2. The molecule has 1 aliphatic rings. The summed E-state index contributed by atoms with van der Waals surface area (Å²) < 4.78 is 1.45. The molecule has 2 heterocycles. The van der Waals surface area contributed by atoms with Crippen molar-refractivity contribution in [2.24, 2.45) is 0 Å². The molecule has 1 aliphatic heterocycles. The zero-order valence-corrected chi connectivity index (χ0v) is 13.6. The van der Waals surface area contributed by atoms with Crippen LogP contribution in [0.4, 0.5) is 0 Å². The highest BCUT2D eigenvalue weighted by Crippen LogP contribution is 2.13. The Bertz CT molecular complexity index is 809. The number of rotatable bonds is 5. The lowest BCUT2D eigenvalue weighted by Gasteiger charge is -2.22. The van der Waals surface area contributed by atoms with E-state index in [0.29, 0.717) is 31.6 Å². The molecule has 1 saturated heterocycles. The largest absolute Gasteiger partial charge is 0.353 e. The summed E-state index contributed by atoms with van der Waals surface area (Å²) in [6, 6.07) is 10.5. The maximum atomic E-state index is 12.2. The number of hydrazine groups is 1. The van der Waals surface area contributed by atoms with Crippen LogP contribution >= 0.6 is 0 Å². The van der Waals surface area contributed by atoms with Crippen molar-refractivity contribution in [3.05, 3.63) is 53.1 Å². The molecule has 1 unspecified atom stereocenters. The fourth-order valence-corrected chi connectivity index (χ4v) is 2.56. The minimum Gasteiger partial charge on any atom is -0.353 e. The van der Waals surface area contributed by atoms with E-state index < -0.39 is 6.04 Å². The monoisotopic (exact) mass is 341 g/mol. The summed E-state index contributed by atoms with van der Waals surface area (Å²) in [6.45, 7) is 0.628. The third kappa shape index (κ3) is 4.30. The summed E-state index contributed by atoms with van der Waals surface area (Å²) in [6.07, 6.45) is 2.25. The van der Waals surface area contributed by atoms with Crippen LogP contribution in [0.1, 0.15) is 12.8 Å². The highest BCUT2D eigenvalue weighted by atomic mass is 16.2. The van der Waals surface area contributed by atoms with Gasteiger partial charge in [-0.2, -0.15) is 0 Å². The number of nitrogens with zero attached hydrogens (tertiary/aromatic N) is 2. The zero-order chi connectivity index (χ0) is 17.6. The van der Waals surface area contributed by atoms with Gasteiger partial charge in [0.1, 0.15) is 6.04 Å². The number of hydrogen-bond donors (Lipinski definition) is 3. The molecule has 3 rings (SSSR count). The highest BCUT2D eigenvalue weighted by molar-refractivity contribution is 5.85. The van der Waals surface area contributed by atoms with Gasteiger partial charge in [-0.3, -0.25) is 24.4 Å². The number of aromatic nitrogens is 2. The van der Waals surface area contributed by atoms with Gasteiger partial charge in [-0.25, -0.2) is 10.4 Å². The van der Waals surface area contributed by atoms with Crippen LogP contribution in [0, 0.1) is 0 Å². The van der Waals surface area contributed by atoms with Crippen LogP contribution in [0.2, 0.25) is 0 Å². The number of hydrogen-bond acceptors (Lipinski definition) is 5. The lowest BCUT2D eigenvalue weighted by Crippen LogP contribution is -2.55. The summed E-state index contributed by atoms with van der Waals surface area (Å²) in [4.78, 5) is 39.5. The summed E-state index contributed by atoms with van der Waals surface area (Å²) in [5, 5.41) is 2.75. The molecule has 8 nitrogen and oxygen atoms in total. The Labute approximate surface area is 144 Å². The van der Waals surface area contributed by atoms with Crippen LogP contribution in [0.5, 0.6) is 0 Å². The Morgan fingerprint density at radius 1 is 1.28 bits per heavy atom. The van der Waals surface area contributed by atoms with Gasteiger partial charge in [0, 0.05) is 31.1 Å². The van der Waals surface area contributed by atoms with Gasteiger partial charge in [0.25, 0.3) is 5.56 Å². The van der Waals surface area contributed by atoms with Crippen LogP contribution in [-0.4, -0.2) is 34.0 Å². The van der Waals surface area contributed by atoms with E-state index in [1.807, 2.05) is 30.3 Å². The van der Waals surface area contributed by atoms with Crippen molar-refractivity contribution in [2.45, 2.75) is 25.4 Å². The standard InChI is InChI=1S/C17H19N5O3/c23-15-7-6-13(20-21-15)17(25)18-8-9-22-11-19-14(10-16(22)24)12-4-2-1-3-5-12/h1-5,10-11,13,20H,6-9H2,(H,18,25)(H,21,23). The van der Waals surface area contributed by atoms with Gasteiger partial charge in [-0.15, -0.1) is 0 Å². The first-order valence-corrected chi connectivity index (χ1v) is 8.07. The average Bonchev–Trinajstić information content (AvgIpc) is 2.64. The molecule has 0 saturated carbocycles. The minimum absolute atomic E-state index is 0.125. The van der Waals surface area contributed by atoms with E-state index in [-0.39, 0.29) is 17.4 Å². The van der Waals surface area contributed by atoms with Gasteiger partial charge in [0.2, 0.25) is 11.8 Å². The molecule has 0 aliphatic carbocycles. The molecule has 1 aromatic heterocycles. The molecule has 25 heavy (non-hydrogen) atoms. The Balaban J connectivity index is 1.54. The number of nitrogens with one attached hydrogen (secondary N) is 3. The molecular weight excluding hydrogens is 322 g/mol. The Morgan fingerprint density at radius 2 is 2.08 bits per heavy atom. The van der Waals surface area contributed by atoms with Gasteiger partial charge in [-0.05, 0) is 6.42 Å². The second kappa shape index (κ2) is 7.71. The lowest BCUT2D eigenvalue weighted by molar-refractivity contribution is -0.128. The molecule has 0 spiro atoms. The third-order valence-corrected chi connectivity index (χ3v) is 3.96. The van der Waals surface area contributed by atoms with E-state index >= 15 is 0 Å². The van der Waals surface area contributed by atoms with E-state index in [9.17, 15) is 14.4 Å². The number of benzene rings is 1.